The van der Waals surface area contributed by atoms with E-state index in [9.17, 15) is 9.90 Å². The topological polar surface area (TPSA) is 40.2 Å². The zero-order chi connectivity index (χ0) is 7.40. The molecule has 1 saturated heterocycles. The van der Waals surface area contributed by atoms with Gasteiger partial charge in [0.05, 0.1) is 0 Å². The monoisotopic (exact) mass is 142 g/mol. The molecule has 0 bridgehead atoms. The van der Waals surface area contributed by atoms with E-state index < -0.39 is 6.23 Å². The van der Waals surface area contributed by atoms with E-state index in [4.69, 9.17) is 0 Å². The molecule has 1 rings (SSSR count). The Hall–Kier alpha value is -0.410. The molecule has 0 amide bonds. The van der Waals surface area contributed by atoms with Crippen LogP contribution in [0, 0.1) is 0 Å². The minimum absolute atomic E-state index is 0.139. The van der Waals surface area contributed by atoms with Crippen LogP contribution in [0.2, 0.25) is 0 Å². The van der Waals surface area contributed by atoms with Gasteiger partial charge in [0.1, 0.15) is 6.29 Å². The second kappa shape index (κ2) is 3.68. The summed E-state index contributed by atoms with van der Waals surface area (Å²) in [7, 11) is 0. The van der Waals surface area contributed by atoms with Crippen molar-refractivity contribution in [2.24, 2.45) is 0 Å². The summed E-state index contributed by atoms with van der Waals surface area (Å²) in [6.07, 6.45) is 2.28. The third kappa shape index (κ3) is 1.78. The molecule has 0 aromatic rings. The maximum atomic E-state index is 11.0. The number of carbonyl (C=O) groups excluding carboxylic acids is 1. The van der Waals surface area contributed by atoms with Crippen LogP contribution in [-0.4, -0.2) is 30.5 Å². The van der Waals surface area contributed by atoms with E-state index in [2.05, 4.69) is 0 Å². The van der Waals surface area contributed by atoms with Crippen LogP contribution in [-0.2, 0) is 9.90 Å². The predicted octanol–water partition coefficient (Wildman–Crippen LogP) is 0.428. The van der Waals surface area contributed by atoms with Crippen LogP contribution in [0.5, 0.6) is 0 Å². The molecule has 57 valence electrons. The first-order valence-corrected chi connectivity index (χ1v) is 3.68. The van der Waals surface area contributed by atoms with E-state index >= 15 is 0 Å². The lowest BCUT2D eigenvalue weighted by molar-refractivity contribution is -0.115. The van der Waals surface area contributed by atoms with Crippen LogP contribution in [0.3, 0.4) is 0 Å². The van der Waals surface area contributed by atoms with Crippen LogP contribution in [0.4, 0.5) is 0 Å². The van der Waals surface area contributed by atoms with Crippen LogP contribution in [0.1, 0.15) is 19.3 Å². The number of hydrogen-bond acceptors (Lipinski definition) is 2. The molecule has 1 fully saturated rings. The van der Waals surface area contributed by atoms with Crippen LogP contribution >= 0.6 is 0 Å². The van der Waals surface area contributed by atoms with E-state index in [0.29, 0.717) is 6.29 Å². The number of nitrogens with zero attached hydrogens (tertiary/aromatic N) is 1. The first kappa shape index (κ1) is 7.69. The van der Waals surface area contributed by atoms with Gasteiger partial charge in [0.15, 0.2) is 6.23 Å². The normalized spacial score (nSPS) is 22.9. The molecule has 0 aromatic carbocycles. The molecule has 1 radical (unpaired) electrons. The average molecular weight is 142 g/mol. The summed E-state index contributed by atoms with van der Waals surface area (Å²) in [6, 6.07) is 0. The Labute approximate surface area is 60.6 Å². The number of hydrogen-bond donors (Lipinski definition) is 0. The Balaban J connectivity index is 2.24. The molecule has 0 N–H and O–H groups in total. The van der Waals surface area contributed by atoms with E-state index in [0.717, 1.165) is 25.9 Å². The standard InChI is InChI=1S/C7H12NO2/c9-6-3-7(10)8-4-1-2-5-8/h6-7H,1-5H2. The van der Waals surface area contributed by atoms with Crippen molar-refractivity contribution in [1.82, 2.24) is 4.90 Å². The van der Waals surface area contributed by atoms with Crippen LogP contribution < -0.4 is 0 Å². The van der Waals surface area contributed by atoms with Gasteiger partial charge in [-0.1, -0.05) is 0 Å². The first-order valence-electron chi connectivity index (χ1n) is 3.68. The molecule has 1 aliphatic rings. The zero-order valence-corrected chi connectivity index (χ0v) is 5.95. The summed E-state index contributed by atoms with van der Waals surface area (Å²) in [6.45, 7) is 1.75. The van der Waals surface area contributed by atoms with Gasteiger partial charge in [-0.15, -0.1) is 0 Å². The second-order valence-electron chi connectivity index (χ2n) is 2.60. The second-order valence-corrected chi connectivity index (χ2v) is 2.60. The Morgan fingerprint density at radius 3 is 2.50 bits per heavy atom. The first-order chi connectivity index (χ1) is 4.84. The number of rotatable bonds is 3. The molecular weight excluding hydrogens is 130 g/mol. The molecule has 0 saturated carbocycles. The zero-order valence-electron chi connectivity index (χ0n) is 5.95. The lowest BCUT2D eigenvalue weighted by Crippen LogP contribution is -2.31. The highest BCUT2D eigenvalue weighted by Gasteiger charge is 2.19. The Bertz CT molecular complexity index is 110. The quantitative estimate of drug-likeness (QED) is 0.536. The molecule has 10 heavy (non-hydrogen) atoms. The molecule has 0 aliphatic carbocycles. The molecule has 3 nitrogen and oxygen atoms in total. The Morgan fingerprint density at radius 1 is 1.40 bits per heavy atom. The van der Waals surface area contributed by atoms with Crippen LogP contribution in [0.25, 0.3) is 0 Å². The highest BCUT2D eigenvalue weighted by Crippen LogP contribution is 2.11. The number of aldehydes is 1. The van der Waals surface area contributed by atoms with Gasteiger partial charge in [-0.05, 0) is 12.8 Å². The van der Waals surface area contributed by atoms with Crippen molar-refractivity contribution >= 4 is 6.29 Å². The summed E-state index contributed by atoms with van der Waals surface area (Å²) < 4.78 is 0. The molecule has 1 atom stereocenters. The van der Waals surface area contributed by atoms with Crippen molar-refractivity contribution in [3.63, 3.8) is 0 Å². The van der Waals surface area contributed by atoms with Gasteiger partial charge in [-0.2, -0.15) is 0 Å². The fourth-order valence-electron chi connectivity index (χ4n) is 1.26. The molecular formula is C7H12NO2. The maximum Gasteiger partial charge on any atom is 0.152 e. The number of likely N-dealkylation sites (tertiary alicyclic amines) is 1. The Kier molecular flexibility index (Phi) is 2.83. The summed E-state index contributed by atoms with van der Waals surface area (Å²) >= 11 is 0. The summed E-state index contributed by atoms with van der Waals surface area (Å²) in [5.41, 5.74) is 0. The van der Waals surface area contributed by atoms with Crippen LogP contribution in [0.15, 0.2) is 0 Å². The average Bonchev–Trinajstić information content (AvgIpc) is 2.38. The smallest absolute Gasteiger partial charge is 0.152 e. The molecule has 0 aromatic heterocycles. The van der Waals surface area contributed by atoms with Gasteiger partial charge in [-0.25, -0.2) is 5.11 Å². The van der Waals surface area contributed by atoms with Crippen molar-refractivity contribution in [3.05, 3.63) is 0 Å². The van der Waals surface area contributed by atoms with E-state index in [1.807, 2.05) is 4.90 Å². The van der Waals surface area contributed by atoms with Crippen molar-refractivity contribution in [1.29, 1.82) is 0 Å². The third-order valence-corrected chi connectivity index (χ3v) is 1.85. The maximum absolute atomic E-state index is 11.0. The fraction of sp³-hybridized carbons (Fsp3) is 0.857. The highest BCUT2D eigenvalue weighted by molar-refractivity contribution is 5.49. The van der Waals surface area contributed by atoms with Gasteiger partial charge < -0.3 is 4.79 Å². The largest absolute Gasteiger partial charge is 0.303 e. The van der Waals surface area contributed by atoms with E-state index in [1.54, 1.807) is 0 Å². The fourth-order valence-corrected chi connectivity index (χ4v) is 1.26. The lowest BCUT2D eigenvalue weighted by Gasteiger charge is -2.17. The molecule has 1 unspecified atom stereocenters. The van der Waals surface area contributed by atoms with Gasteiger partial charge >= 0.3 is 0 Å². The molecule has 1 aliphatic heterocycles. The van der Waals surface area contributed by atoms with Crippen molar-refractivity contribution in [2.45, 2.75) is 25.5 Å². The third-order valence-electron chi connectivity index (χ3n) is 1.85. The summed E-state index contributed by atoms with van der Waals surface area (Å²) in [5.74, 6) is 0. The molecule has 3 heteroatoms. The molecule has 1 heterocycles. The highest BCUT2D eigenvalue weighted by atomic mass is 16.3. The summed E-state index contributed by atoms with van der Waals surface area (Å²) in [4.78, 5) is 11.8. The van der Waals surface area contributed by atoms with Crippen molar-refractivity contribution in [3.8, 4) is 0 Å². The SMILES string of the molecule is [O]C(CC=O)N1CCCC1. The van der Waals surface area contributed by atoms with Gasteiger partial charge in [-0.3, -0.25) is 4.90 Å². The van der Waals surface area contributed by atoms with Crippen molar-refractivity contribution < 1.29 is 9.90 Å². The minimum Gasteiger partial charge on any atom is -0.303 e. The van der Waals surface area contributed by atoms with Gasteiger partial charge in [0.2, 0.25) is 0 Å². The van der Waals surface area contributed by atoms with Crippen molar-refractivity contribution in [2.75, 3.05) is 13.1 Å². The van der Waals surface area contributed by atoms with Gasteiger partial charge in [0, 0.05) is 19.5 Å². The predicted molar refractivity (Wildman–Crippen MR) is 36.0 cm³/mol. The molecule has 0 spiro atoms. The Morgan fingerprint density at radius 2 is 2.00 bits per heavy atom. The van der Waals surface area contributed by atoms with Gasteiger partial charge in [0.25, 0.3) is 0 Å². The number of carbonyl (C=O) groups is 1. The van der Waals surface area contributed by atoms with E-state index in [-0.39, 0.29) is 6.42 Å². The van der Waals surface area contributed by atoms with E-state index in [1.165, 1.54) is 0 Å². The summed E-state index contributed by atoms with van der Waals surface area (Å²) in [5, 5.41) is 11.0. The lowest BCUT2D eigenvalue weighted by atomic mass is 10.4. The minimum atomic E-state index is -0.778.